The molecule has 1 aliphatic carbocycles. The van der Waals surface area contributed by atoms with Crippen molar-refractivity contribution in [3.05, 3.63) is 35.9 Å². The summed E-state index contributed by atoms with van der Waals surface area (Å²) < 4.78 is 12.9. The normalized spacial score (nSPS) is 15.3. The van der Waals surface area contributed by atoms with Crippen molar-refractivity contribution in [2.45, 2.75) is 32.2 Å². The number of halogens is 1. The van der Waals surface area contributed by atoms with Gasteiger partial charge in [0, 0.05) is 11.5 Å². The molecule has 21 heavy (non-hydrogen) atoms. The summed E-state index contributed by atoms with van der Waals surface area (Å²) in [6.45, 7) is 0.337. The first-order chi connectivity index (χ1) is 10.2. The van der Waals surface area contributed by atoms with Crippen molar-refractivity contribution in [2.75, 3.05) is 0 Å². The number of aromatic amines is 1. The molecular formula is C15H17FN4O. The number of benzene rings is 1. The number of nitrogens with zero attached hydrogens (tertiary/aromatic N) is 2. The van der Waals surface area contributed by atoms with Crippen molar-refractivity contribution in [3.8, 4) is 11.4 Å². The number of carbonyl (C=O) groups excluding carboxylic acids is 1. The van der Waals surface area contributed by atoms with Crippen LogP contribution in [-0.2, 0) is 11.3 Å². The molecule has 1 aliphatic rings. The van der Waals surface area contributed by atoms with Crippen LogP contribution in [0.4, 0.5) is 4.39 Å². The average molecular weight is 288 g/mol. The lowest BCUT2D eigenvalue weighted by Gasteiger charge is -2.08. The number of H-pyrrole nitrogens is 1. The van der Waals surface area contributed by atoms with Crippen LogP contribution in [0.25, 0.3) is 11.4 Å². The lowest BCUT2D eigenvalue weighted by atomic mass is 10.1. The van der Waals surface area contributed by atoms with Gasteiger partial charge in [0.15, 0.2) is 5.82 Å². The molecule has 1 aromatic carbocycles. The van der Waals surface area contributed by atoms with Crippen LogP contribution >= 0.6 is 0 Å². The molecule has 1 aromatic heterocycles. The highest BCUT2D eigenvalue weighted by Crippen LogP contribution is 2.24. The molecule has 1 amide bonds. The summed E-state index contributed by atoms with van der Waals surface area (Å²) in [6, 6.07) is 5.99. The molecule has 0 aliphatic heterocycles. The number of carbonyl (C=O) groups is 1. The number of hydrogen-bond donors (Lipinski definition) is 2. The largest absolute Gasteiger partial charge is 0.349 e. The Morgan fingerprint density at radius 1 is 1.29 bits per heavy atom. The van der Waals surface area contributed by atoms with Gasteiger partial charge in [-0.15, -0.1) is 0 Å². The smallest absolute Gasteiger partial charge is 0.223 e. The lowest BCUT2D eigenvalue weighted by Crippen LogP contribution is -2.29. The van der Waals surface area contributed by atoms with Crippen molar-refractivity contribution in [1.82, 2.24) is 20.5 Å². The molecule has 0 bridgehead atoms. The average Bonchev–Trinajstić information content (AvgIpc) is 3.17. The van der Waals surface area contributed by atoms with E-state index in [-0.39, 0.29) is 17.6 Å². The second-order valence-electron chi connectivity index (χ2n) is 5.31. The fraction of sp³-hybridized carbons (Fsp3) is 0.400. The molecule has 1 heterocycles. The Balaban J connectivity index is 1.60. The van der Waals surface area contributed by atoms with E-state index in [1.165, 1.54) is 12.1 Å². The molecule has 0 atom stereocenters. The second kappa shape index (κ2) is 6.03. The minimum Gasteiger partial charge on any atom is -0.349 e. The molecule has 0 saturated heterocycles. The Morgan fingerprint density at radius 2 is 2.00 bits per heavy atom. The van der Waals surface area contributed by atoms with Gasteiger partial charge in [0.1, 0.15) is 11.6 Å². The van der Waals surface area contributed by atoms with Crippen LogP contribution in [0, 0.1) is 11.7 Å². The molecule has 6 heteroatoms. The van der Waals surface area contributed by atoms with Gasteiger partial charge in [0.2, 0.25) is 5.91 Å². The van der Waals surface area contributed by atoms with E-state index >= 15 is 0 Å². The SMILES string of the molecule is O=C(NCc1nc(-c2ccc(F)cc2)n[nH]1)C1CCCC1. The minimum absolute atomic E-state index is 0.0900. The van der Waals surface area contributed by atoms with Gasteiger partial charge in [-0.1, -0.05) is 12.8 Å². The number of amides is 1. The highest BCUT2D eigenvalue weighted by molar-refractivity contribution is 5.78. The zero-order valence-electron chi connectivity index (χ0n) is 11.6. The maximum atomic E-state index is 12.9. The van der Waals surface area contributed by atoms with Gasteiger partial charge in [-0.25, -0.2) is 9.37 Å². The highest BCUT2D eigenvalue weighted by Gasteiger charge is 2.22. The summed E-state index contributed by atoms with van der Waals surface area (Å²) in [6.07, 6.45) is 4.22. The van der Waals surface area contributed by atoms with Crippen molar-refractivity contribution < 1.29 is 9.18 Å². The molecule has 5 nitrogen and oxygen atoms in total. The predicted molar refractivity (Wildman–Crippen MR) is 75.6 cm³/mol. The highest BCUT2D eigenvalue weighted by atomic mass is 19.1. The topological polar surface area (TPSA) is 70.7 Å². The number of hydrogen-bond acceptors (Lipinski definition) is 3. The van der Waals surface area contributed by atoms with E-state index in [2.05, 4.69) is 20.5 Å². The molecule has 1 saturated carbocycles. The third kappa shape index (κ3) is 3.26. The monoisotopic (exact) mass is 288 g/mol. The van der Waals surface area contributed by atoms with Crippen LogP contribution in [-0.4, -0.2) is 21.1 Å². The Hall–Kier alpha value is -2.24. The van der Waals surface area contributed by atoms with Crippen molar-refractivity contribution in [1.29, 1.82) is 0 Å². The van der Waals surface area contributed by atoms with Gasteiger partial charge in [-0.2, -0.15) is 5.10 Å². The summed E-state index contributed by atoms with van der Waals surface area (Å²) in [5.41, 5.74) is 0.737. The van der Waals surface area contributed by atoms with Crippen molar-refractivity contribution in [3.63, 3.8) is 0 Å². The molecule has 1 fully saturated rings. The number of aromatic nitrogens is 3. The van der Waals surface area contributed by atoms with E-state index in [1.807, 2.05) is 0 Å². The quantitative estimate of drug-likeness (QED) is 0.907. The first-order valence-electron chi connectivity index (χ1n) is 7.17. The van der Waals surface area contributed by atoms with E-state index < -0.39 is 0 Å². The van der Waals surface area contributed by atoms with Crippen LogP contribution in [0.2, 0.25) is 0 Å². The van der Waals surface area contributed by atoms with Crippen molar-refractivity contribution in [2.24, 2.45) is 5.92 Å². The maximum absolute atomic E-state index is 12.9. The summed E-state index contributed by atoms with van der Waals surface area (Å²) >= 11 is 0. The lowest BCUT2D eigenvalue weighted by molar-refractivity contribution is -0.125. The molecule has 0 spiro atoms. The molecular weight excluding hydrogens is 271 g/mol. The number of rotatable bonds is 4. The Labute approximate surface area is 122 Å². The van der Waals surface area contributed by atoms with Gasteiger partial charge in [0.05, 0.1) is 6.54 Å². The molecule has 110 valence electrons. The predicted octanol–water partition coefficient (Wildman–Crippen LogP) is 2.42. The number of nitrogens with one attached hydrogen (secondary N) is 2. The van der Waals surface area contributed by atoms with Gasteiger partial charge >= 0.3 is 0 Å². The van der Waals surface area contributed by atoms with Crippen LogP contribution in [0.15, 0.2) is 24.3 Å². The van der Waals surface area contributed by atoms with Crippen LogP contribution in [0.3, 0.4) is 0 Å². The third-order valence-corrected chi connectivity index (χ3v) is 3.79. The first-order valence-corrected chi connectivity index (χ1v) is 7.17. The van der Waals surface area contributed by atoms with Gasteiger partial charge < -0.3 is 5.32 Å². The van der Waals surface area contributed by atoms with E-state index in [9.17, 15) is 9.18 Å². The second-order valence-corrected chi connectivity index (χ2v) is 5.31. The van der Waals surface area contributed by atoms with Gasteiger partial charge in [-0.3, -0.25) is 9.89 Å². The van der Waals surface area contributed by atoms with Crippen LogP contribution in [0.5, 0.6) is 0 Å². The Morgan fingerprint density at radius 3 is 2.71 bits per heavy atom. The summed E-state index contributed by atoms with van der Waals surface area (Å²) in [7, 11) is 0. The maximum Gasteiger partial charge on any atom is 0.223 e. The molecule has 0 unspecified atom stereocenters. The fourth-order valence-electron chi connectivity index (χ4n) is 2.61. The van der Waals surface area contributed by atoms with E-state index in [4.69, 9.17) is 0 Å². The summed E-state index contributed by atoms with van der Waals surface area (Å²) in [5.74, 6) is 1.04. The van der Waals surface area contributed by atoms with E-state index in [1.54, 1.807) is 12.1 Å². The molecule has 2 aromatic rings. The van der Waals surface area contributed by atoms with Crippen molar-refractivity contribution >= 4 is 5.91 Å². The summed E-state index contributed by atoms with van der Waals surface area (Å²) in [5, 5.41) is 9.76. The zero-order chi connectivity index (χ0) is 14.7. The Kier molecular flexibility index (Phi) is 3.94. The van der Waals surface area contributed by atoms with E-state index in [0.717, 1.165) is 31.2 Å². The van der Waals surface area contributed by atoms with Crippen LogP contribution in [0.1, 0.15) is 31.5 Å². The van der Waals surface area contributed by atoms with Crippen LogP contribution < -0.4 is 5.32 Å². The van der Waals surface area contributed by atoms with Gasteiger partial charge in [-0.05, 0) is 37.1 Å². The van der Waals surface area contributed by atoms with Gasteiger partial charge in [0.25, 0.3) is 0 Å². The van der Waals surface area contributed by atoms with E-state index in [0.29, 0.717) is 18.2 Å². The fourth-order valence-corrected chi connectivity index (χ4v) is 2.61. The Bertz CT molecular complexity index is 617. The zero-order valence-corrected chi connectivity index (χ0v) is 11.6. The molecule has 2 N–H and O–H groups in total. The molecule has 3 rings (SSSR count). The minimum atomic E-state index is -0.293. The standard InChI is InChI=1S/C15H17FN4O/c16-12-7-5-10(6-8-12)14-18-13(19-20-14)9-17-15(21)11-3-1-2-4-11/h5-8,11H,1-4,9H2,(H,17,21)(H,18,19,20). The summed E-state index contributed by atoms with van der Waals surface area (Å²) in [4.78, 5) is 16.2. The third-order valence-electron chi connectivity index (χ3n) is 3.79. The first kappa shape index (κ1) is 13.7. The molecule has 0 radical (unpaired) electrons.